The van der Waals surface area contributed by atoms with E-state index in [4.69, 9.17) is 4.84 Å². The molecule has 0 spiro atoms. The number of aliphatic hydroxyl groups excluding tert-OH is 1. The van der Waals surface area contributed by atoms with Crippen LogP contribution in [0.15, 0.2) is 41.2 Å². The molecule has 0 radical (unpaired) electrons. The minimum absolute atomic E-state index is 0.0370. The number of aliphatic carboxylic acids is 1. The summed E-state index contributed by atoms with van der Waals surface area (Å²) in [6, 6.07) is 3.63. The van der Waals surface area contributed by atoms with Crippen LogP contribution in [-0.4, -0.2) is 67.4 Å². The first-order valence-corrected chi connectivity index (χ1v) is 15.4. The second-order valence-corrected chi connectivity index (χ2v) is 14.0. The minimum Gasteiger partial charge on any atom is -0.508 e. The normalized spacial score (nSPS) is 36.8. The van der Waals surface area contributed by atoms with Crippen molar-refractivity contribution in [3.8, 4) is 5.75 Å². The number of fused-ring (bicyclic) bond motifs is 6. The topological polar surface area (TPSA) is 164 Å². The molecule has 1 heterocycles. The number of H-pyrrole nitrogens is 1. The molecule has 0 bridgehead atoms. The summed E-state index contributed by atoms with van der Waals surface area (Å²) in [6.07, 6.45) is 9.07. The van der Waals surface area contributed by atoms with E-state index in [0.717, 1.165) is 43.3 Å². The van der Waals surface area contributed by atoms with Gasteiger partial charge < -0.3 is 35.6 Å². The fourth-order valence-corrected chi connectivity index (χ4v) is 9.16. The number of carboxylic acids is 1. The molecule has 0 unspecified atom stereocenters. The van der Waals surface area contributed by atoms with E-state index in [9.17, 15) is 30.0 Å². The quantitative estimate of drug-likeness (QED) is 0.264. The van der Waals surface area contributed by atoms with Gasteiger partial charge in [-0.2, -0.15) is 0 Å². The molecule has 6 rings (SSSR count). The first kappa shape index (κ1) is 29.7. The third kappa shape index (κ3) is 5.02. The number of hydrogen-bond acceptors (Lipinski definition) is 7. The van der Waals surface area contributed by atoms with Crippen LogP contribution in [0, 0.1) is 28.6 Å². The highest BCUT2D eigenvalue weighted by Crippen LogP contribution is 2.67. The summed E-state index contributed by atoms with van der Waals surface area (Å²) >= 11 is 0. The van der Waals surface area contributed by atoms with Crippen molar-refractivity contribution < 1.29 is 34.9 Å². The number of aliphatic hydroxyl groups is 2. The number of aromatic amines is 1. The smallest absolute Gasteiger partial charge is 0.326 e. The average molecular weight is 594 g/mol. The van der Waals surface area contributed by atoms with E-state index < -0.39 is 36.2 Å². The summed E-state index contributed by atoms with van der Waals surface area (Å²) in [4.78, 5) is 32.9. The number of oxime groups is 1. The van der Waals surface area contributed by atoms with Gasteiger partial charge in [0, 0.05) is 28.9 Å². The molecule has 0 aliphatic heterocycles. The number of carboxylic acid groups (broad SMARTS) is 1. The lowest BCUT2D eigenvalue weighted by Crippen LogP contribution is -2.59. The van der Waals surface area contributed by atoms with Gasteiger partial charge in [0.1, 0.15) is 11.8 Å². The first-order valence-electron chi connectivity index (χ1n) is 15.4. The summed E-state index contributed by atoms with van der Waals surface area (Å²) in [5, 5.41) is 49.6. The van der Waals surface area contributed by atoms with E-state index in [1.807, 2.05) is 6.92 Å². The Labute approximate surface area is 251 Å². The number of nitrogens with zero attached hydrogens (tertiary/aromatic N) is 1. The first-order chi connectivity index (χ1) is 20.3. The average Bonchev–Trinajstić information content (AvgIpc) is 3.44. The predicted octanol–water partition coefficient (Wildman–Crippen LogP) is 4.04. The van der Waals surface area contributed by atoms with E-state index >= 15 is 0 Å². The molecule has 3 saturated carbocycles. The van der Waals surface area contributed by atoms with Gasteiger partial charge >= 0.3 is 5.97 Å². The van der Waals surface area contributed by atoms with Gasteiger partial charge in [-0.3, -0.25) is 4.79 Å². The van der Waals surface area contributed by atoms with Gasteiger partial charge in [-0.05, 0) is 105 Å². The Balaban J connectivity index is 1.09. The van der Waals surface area contributed by atoms with Gasteiger partial charge in [-0.15, -0.1) is 0 Å². The molecule has 6 N–H and O–H groups in total. The zero-order chi connectivity index (χ0) is 30.7. The summed E-state index contributed by atoms with van der Waals surface area (Å²) in [7, 11) is 0. The van der Waals surface area contributed by atoms with Crippen molar-refractivity contribution in [2.75, 3.05) is 6.61 Å². The number of rotatable bonds is 7. The molecule has 1 amide bonds. The molecule has 43 heavy (non-hydrogen) atoms. The number of benzene rings is 1. The number of phenols is 1. The Hall–Kier alpha value is -3.37. The lowest BCUT2D eigenvalue weighted by Gasteiger charge is -2.60. The molecule has 8 atom stereocenters. The third-order valence-electron chi connectivity index (χ3n) is 11.7. The van der Waals surface area contributed by atoms with Crippen molar-refractivity contribution in [3.05, 3.63) is 41.6 Å². The molecule has 2 aromatic rings. The highest BCUT2D eigenvalue weighted by atomic mass is 16.6. The van der Waals surface area contributed by atoms with Crippen LogP contribution in [0.1, 0.15) is 71.3 Å². The Morgan fingerprint density at radius 3 is 2.74 bits per heavy atom. The molecular weight excluding hydrogens is 550 g/mol. The van der Waals surface area contributed by atoms with Crippen LogP contribution in [-0.2, 0) is 20.8 Å². The number of allylic oxidation sites excluding steroid dienone is 2. The molecule has 10 heteroatoms. The maximum absolute atomic E-state index is 12.6. The van der Waals surface area contributed by atoms with Gasteiger partial charge in [0.15, 0.2) is 6.61 Å². The molecule has 3 fully saturated rings. The SMILES string of the molecule is C[C@]12CC/C(=N/OCC(=O)N[C@H](Cc3c[nH]c4ccc(O)cc34)C(=O)O)C=C1CC[C@@H]1[C@H]2[C@H](O)C[C@@]2(C)[C@@H]1CC[C@]2(C)O. The van der Waals surface area contributed by atoms with Crippen LogP contribution in [0.2, 0.25) is 0 Å². The zero-order valence-corrected chi connectivity index (χ0v) is 25.1. The van der Waals surface area contributed by atoms with Crippen LogP contribution < -0.4 is 5.32 Å². The summed E-state index contributed by atoms with van der Waals surface area (Å²) in [5.74, 6) is -0.767. The predicted molar refractivity (Wildman–Crippen MR) is 160 cm³/mol. The number of hydrogen-bond donors (Lipinski definition) is 6. The lowest BCUT2D eigenvalue weighted by molar-refractivity contribution is -0.164. The number of carbonyl (C=O) groups excluding carboxylic acids is 1. The summed E-state index contributed by atoms with van der Waals surface area (Å²) in [5.41, 5.74) is 2.26. The van der Waals surface area contributed by atoms with Gasteiger partial charge in [-0.25, -0.2) is 4.79 Å². The number of amides is 1. The van der Waals surface area contributed by atoms with Crippen molar-refractivity contribution in [3.63, 3.8) is 0 Å². The van der Waals surface area contributed by atoms with Crippen molar-refractivity contribution in [1.29, 1.82) is 0 Å². The zero-order valence-electron chi connectivity index (χ0n) is 25.1. The molecule has 10 nitrogen and oxygen atoms in total. The van der Waals surface area contributed by atoms with E-state index in [1.165, 1.54) is 5.57 Å². The number of aromatic hydroxyl groups is 1. The van der Waals surface area contributed by atoms with Crippen molar-refractivity contribution >= 4 is 28.5 Å². The molecule has 4 aliphatic carbocycles. The van der Waals surface area contributed by atoms with E-state index in [0.29, 0.717) is 35.6 Å². The minimum atomic E-state index is -1.18. The number of nitrogens with one attached hydrogen (secondary N) is 2. The highest BCUT2D eigenvalue weighted by Gasteiger charge is 2.64. The van der Waals surface area contributed by atoms with E-state index in [2.05, 4.69) is 35.4 Å². The third-order valence-corrected chi connectivity index (χ3v) is 11.7. The molecule has 232 valence electrons. The second-order valence-electron chi connectivity index (χ2n) is 14.0. The maximum atomic E-state index is 12.6. The Morgan fingerprint density at radius 2 is 1.98 bits per heavy atom. The second kappa shape index (κ2) is 10.7. The van der Waals surface area contributed by atoms with Crippen molar-refractivity contribution in [2.45, 2.75) is 89.9 Å². The number of aromatic nitrogens is 1. The standard InChI is InChI=1S/C33H43N3O7/c1-31-10-8-20(13-19(31)4-6-22-24-9-11-33(3,42)32(24,2)15-27(38)29(22)31)36-43-17-28(39)35-26(30(40)41)12-18-16-34-25-7-5-21(37)14-23(18)25/h5,7,13-14,16,22,24,26-27,29,34,37-38,42H,4,6,8-12,15,17H2,1-3H3,(H,35,39)(H,40,41)/b36-20-/t22-,24+,26+,27+,29-,31-,32-,33-/m0/s1. The largest absolute Gasteiger partial charge is 0.508 e. The van der Waals surface area contributed by atoms with Crippen LogP contribution in [0.3, 0.4) is 0 Å². The number of phenolic OH excluding ortho intramolecular Hbond substituents is 1. The lowest BCUT2D eigenvalue weighted by atomic mass is 9.45. The van der Waals surface area contributed by atoms with Gasteiger partial charge in [0.25, 0.3) is 5.91 Å². The fraction of sp³-hybridized carbons (Fsp3) is 0.606. The molecule has 1 aromatic carbocycles. The monoisotopic (exact) mass is 593 g/mol. The van der Waals surface area contributed by atoms with Gasteiger partial charge in [-0.1, -0.05) is 24.6 Å². The van der Waals surface area contributed by atoms with Crippen LogP contribution in [0.5, 0.6) is 5.75 Å². The van der Waals surface area contributed by atoms with Crippen LogP contribution in [0.4, 0.5) is 0 Å². The van der Waals surface area contributed by atoms with Gasteiger partial charge in [0.05, 0.1) is 17.4 Å². The highest BCUT2D eigenvalue weighted by molar-refractivity contribution is 5.96. The van der Waals surface area contributed by atoms with Crippen LogP contribution in [0.25, 0.3) is 10.9 Å². The summed E-state index contributed by atoms with van der Waals surface area (Å²) < 4.78 is 0. The maximum Gasteiger partial charge on any atom is 0.326 e. The van der Waals surface area contributed by atoms with Crippen molar-refractivity contribution in [2.24, 2.45) is 33.7 Å². The molecule has 4 aliphatic rings. The molecule has 1 aromatic heterocycles. The van der Waals surface area contributed by atoms with Crippen LogP contribution >= 0.6 is 0 Å². The molecule has 0 saturated heterocycles. The van der Waals surface area contributed by atoms with E-state index in [1.54, 1.807) is 24.4 Å². The Bertz CT molecular complexity index is 1490. The Kier molecular flexibility index (Phi) is 7.36. The number of carbonyl (C=O) groups is 2. The van der Waals surface area contributed by atoms with E-state index in [-0.39, 0.29) is 28.9 Å². The van der Waals surface area contributed by atoms with Gasteiger partial charge in [0.2, 0.25) is 0 Å². The molecular formula is C33H43N3O7. The fourth-order valence-electron chi connectivity index (χ4n) is 9.16. The Morgan fingerprint density at radius 1 is 1.19 bits per heavy atom. The van der Waals surface area contributed by atoms with Crippen molar-refractivity contribution in [1.82, 2.24) is 10.3 Å². The summed E-state index contributed by atoms with van der Waals surface area (Å²) in [6.45, 7) is 5.97.